The molecule has 5 nitrogen and oxygen atoms in total. The molecule has 0 radical (unpaired) electrons. The Kier molecular flexibility index (Phi) is 6.30. The number of amides is 2. The quantitative estimate of drug-likeness (QED) is 0.783. The van der Waals surface area contributed by atoms with E-state index in [-0.39, 0.29) is 11.9 Å². The molecule has 0 aliphatic heterocycles. The summed E-state index contributed by atoms with van der Waals surface area (Å²) in [5.41, 5.74) is -0.554. The number of hydrogen-bond donors (Lipinski definition) is 2. The Morgan fingerprint density at radius 2 is 1.65 bits per heavy atom. The van der Waals surface area contributed by atoms with E-state index in [0.29, 0.717) is 0 Å². The van der Waals surface area contributed by atoms with Gasteiger partial charge >= 0.3 is 6.09 Å². The van der Waals surface area contributed by atoms with Gasteiger partial charge in [-0.15, -0.1) is 0 Å². The SMILES string of the molecule is C[C@H](NC(=O)OC(C)(C)C)C(=O)NC1CCCCCC1. The number of carbonyl (C=O) groups is 2. The van der Waals surface area contributed by atoms with Gasteiger partial charge in [-0.1, -0.05) is 25.7 Å². The average Bonchev–Trinajstić information content (AvgIpc) is 2.54. The van der Waals surface area contributed by atoms with E-state index < -0.39 is 17.7 Å². The summed E-state index contributed by atoms with van der Waals surface area (Å²) < 4.78 is 5.14. The maximum Gasteiger partial charge on any atom is 0.408 e. The third-order valence-electron chi connectivity index (χ3n) is 3.33. The Morgan fingerprint density at radius 3 is 2.15 bits per heavy atom. The summed E-state index contributed by atoms with van der Waals surface area (Å²) in [6.07, 6.45) is 6.34. The molecule has 0 bridgehead atoms. The summed E-state index contributed by atoms with van der Waals surface area (Å²) in [6, 6.07) is -0.332. The molecule has 0 unspecified atom stereocenters. The molecule has 116 valence electrons. The zero-order chi connectivity index (χ0) is 15.2. The minimum absolute atomic E-state index is 0.136. The van der Waals surface area contributed by atoms with E-state index in [9.17, 15) is 9.59 Å². The van der Waals surface area contributed by atoms with E-state index in [2.05, 4.69) is 10.6 Å². The molecule has 1 rings (SSSR count). The molecule has 1 fully saturated rings. The minimum atomic E-state index is -0.576. The second-order valence-corrected chi connectivity index (χ2v) is 6.56. The highest BCUT2D eigenvalue weighted by Crippen LogP contribution is 2.17. The summed E-state index contributed by atoms with van der Waals surface area (Å²) in [6.45, 7) is 7.06. The minimum Gasteiger partial charge on any atom is -0.444 e. The highest BCUT2D eigenvalue weighted by Gasteiger charge is 2.23. The van der Waals surface area contributed by atoms with E-state index in [0.717, 1.165) is 12.8 Å². The van der Waals surface area contributed by atoms with Crippen molar-refractivity contribution in [1.82, 2.24) is 10.6 Å². The number of rotatable bonds is 3. The molecule has 5 heteroatoms. The van der Waals surface area contributed by atoms with Crippen LogP contribution in [0, 0.1) is 0 Å². The van der Waals surface area contributed by atoms with Gasteiger partial charge in [-0.2, -0.15) is 0 Å². The van der Waals surface area contributed by atoms with Gasteiger partial charge in [-0.25, -0.2) is 4.79 Å². The van der Waals surface area contributed by atoms with E-state index in [1.165, 1.54) is 25.7 Å². The zero-order valence-electron chi connectivity index (χ0n) is 13.1. The summed E-state index contributed by atoms with van der Waals surface area (Å²) in [5.74, 6) is -0.136. The molecule has 0 saturated heterocycles. The van der Waals surface area contributed by atoms with Crippen molar-refractivity contribution in [2.45, 2.75) is 83.9 Å². The predicted octanol–water partition coefficient (Wildman–Crippen LogP) is 2.74. The highest BCUT2D eigenvalue weighted by atomic mass is 16.6. The van der Waals surface area contributed by atoms with E-state index in [1.54, 1.807) is 27.7 Å². The molecule has 20 heavy (non-hydrogen) atoms. The molecule has 1 saturated carbocycles. The van der Waals surface area contributed by atoms with Crippen LogP contribution in [0.4, 0.5) is 4.79 Å². The van der Waals surface area contributed by atoms with Crippen molar-refractivity contribution < 1.29 is 14.3 Å². The lowest BCUT2D eigenvalue weighted by Gasteiger charge is -2.23. The van der Waals surface area contributed by atoms with Crippen molar-refractivity contribution in [1.29, 1.82) is 0 Å². The van der Waals surface area contributed by atoms with E-state index in [4.69, 9.17) is 4.74 Å². The smallest absolute Gasteiger partial charge is 0.408 e. The van der Waals surface area contributed by atoms with Gasteiger partial charge < -0.3 is 15.4 Å². The van der Waals surface area contributed by atoms with Gasteiger partial charge in [0.15, 0.2) is 0 Å². The molecule has 1 aliphatic rings. The number of hydrogen-bond acceptors (Lipinski definition) is 3. The topological polar surface area (TPSA) is 67.4 Å². The maximum absolute atomic E-state index is 12.0. The van der Waals surface area contributed by atoms with Crippen LogP contribution in [0.25, 0.3) is 0 Å². The fourth-order valence-corrected chi connectivity index (χ4v) is 2.30. The van der Waals surface area contributed by atoms with Gasteiger partial charge in [0.1, 0.15) is 11.6 Å². The Labute approximate surface area is 121 Å². The monoisotopic (exact) mass is 284 g/mol. The number of carbonyl (C=O) groups excluding carboxylic acids is 2. The van der Waals surface area contributed by atoms with Gasteiger partial charge in [0.25, 0.3) is 0 Å². The van der Waals surface area contributed by atoms with Crippen molar-refractivity contribution in [3.05, 3.63) is 0 Å². The van der Waals surface area contributed by atoms with Crippen molar-refractivity contribution in [2.24, 2.45) is 0 Å². The highest BCUT2D eigenvalue weighted by molar-refractivity contribution is 5.85. The van der Waals surface area contributed by atoms with Crippen LogP contribution >= 0.6 is 0 Å². The van der Waals surface area contributed by atoms with Crippen LogP contribution in [0.3, 0.4) is 0 Å². The molecule has 0 aromatic heterocycles. The fourth-order valence-electron chi connectivity index (χ4n) is 2.30. The van der Waals surface area contributed by atoms with Crippen LogP contribution in [0.15, 0.2) is 0 Å². The van der Waals surface area contributed by atoms with Crippen molar-refractivity contribution >= 4 is 12.0 Å². The standard InChI is InChI=1S/C15H28N2O3/c1-11(16-14(19)20-15(2,3)4)13(18)17-12-9-7-5-6-8-10-12/h11-12H,5-10H2,1-4H3,(H,16,19)(H,17,18)/t11-/m0/s1. The predicted molar refractivity (Wildman–Crippen MR) is 78.5 cm³/mol. The Balaban J connectivity index is 2.36. The number of alkyl carbamates (subject to hydrolysis) is 1. The summed E-state index contributed by atoms with van der Waals surface area (Å²) in [5, 5.41) is 5.59. The lowest BCUT2D eigenvalue weighted by molar-refractivity contribution is -0.123. The number of ether oxygens (including phenoxy) is 1. The van der Waals surface area contributed by atoms with E-state index >= 15 is 0 Å². The molecule has 2 N–H and O–H groups in total. The summed E-state index contributed by atoms with van der Waals surface area (Å²) in [4.78, 5) is 23.7. The molecule has 1 aliphatic carbocycles. The second kappa shape index (κ2) is 7.50. The second-order valence-electron chi connectivity index (χ2n) is 6.56. The summed E-state index contributed by atoms with van der Waals surface area (Å²) >= 11 is 0. The number of nitrogens with one attached hydrogen (secondary N) is 2. The van der Waals surface area contributed by atoms with Gasteiger partial charge in [-0.3, -0.25) is 4.79 Å². The van der Waals surface area contributed by atoms with Gasteiger partial charge in [-0.05, 0) is 40.5 Å². The lowest BCUT2D eigenvalue weighted by atomic mass is 10.1. The van der Waals surface area contributed by atoms with Crippen molar-refractivity contribution in [3.8, 4) is 0 Å². The molecule has 2 amide bonds. The van der Waals surface area contributed by atoms with Crippen LogP contribution in [0.2, 0.25) is 0 Å². The summed E-state index contributed by atoms with van der Waals surface area (Å²) in [7, 11) is 0. The van der Waals surface area contributed by atoms with Crippen LogP contribution in [-0.4, -0.2) is 29.7 Å². The van der Waals surface area contributed by atoms with Crippen molar-refractivity contribution in [2.75, 3.05) is 0 Å². The third kappa shape index (κ3) is 6.78. The van der Waals surface area contributed by atoms with E-state index in [1.807, 2.05) is 0 Å². The van der Waals surface area contributed by atoms with Crippen LogP contribution in [-0.2, 0) is 9.53 Å². The zero-order valence-corrected chi connectivity index (χ0v) is 13.1. The van der Waals surface area contributed by atoms with Crippen LogP contribution in [0.5, 0.6) is 0 Å². The Bertz CT molecular complexity index is 329. The molecule has 0 aromatic rings. The van der Waals surface area contributed by atoms with Crippen LogP contribution in [0.1, 0.15) is 66.2 Å². The molecule has 0 heterocycles. The largest absolute Gasteiger partial charge is 0.444 e. The maximum atomic E-state index is 12.0. The molecular formula is C15H28N2O3. The first-order chi connectivity index (χ1) is 9.28. The Morgan fingerprint density at radius 1 is 1.10 bits per heavy atom. The van der Waals surface area contributed by atoms with Gasteiger partial charge in [0.2, 0.25) is 5.91 Å². The van der Waals surface area contributed by atoms with Crippen molar-refractivity contribution in [3.63, 3.8) is 0 Å². The first-order valence-electron chi connectivity index (χ1n) is 7.58. The molecule has 0 spiro atoms. The van der Waals surface area contributed by atoms with Gasteiger partial charge in [0.05, 0.1) is 0 Å². The molecule has 0 aromatic carbocycles. The fraction of sp³-hybridized carbons (Fsp3) is 0.867. The normalized spacial score (nSPS) is 18.8. The lowest BCUT2D eigenvalue weighted by Crippen LogP contribution is -2.49. The molecule has 1 atom stereocenters. The Hall–Kier alpha value is -1.26. The average molecular weight is 284 g/mol. The first kappa shape index (κ1) is 16.8. The first-order valence-corrected chi connectivity index (χ1v) is 7.58. The van der Waals surface area contributed by atoms with Crippen LogP contribution < -0.4 is 10.6 Å². The molecular weight excluding hydrogens is 256 g/mol. The third-order valence-corrected chi connectivity index (χ3v) is 3.33. The van der Waals surface area contributed by atoms with Gasteiger partial charge in [0, 0.05) is 6.04 Å².